The summed E-state index contributed by atoms with van der Waals surface area (Å²) in [6, 6.07) is 15.5. The monoisotopic (exact) mass is 385 g/mol. The number of anilines is 2. The zero-order valence-corrected chi connectivity index (χ0v) is 15.9. The smallest absolute Gasteiger partial charge is 0.214 e. The summed E-state index contributed by atoms with van der Waals surface area (Å²) in [6.07, 6.45) is 1.59. The molecule has 144 valence electrons. The minimum absolute atomic E-state index is 0.114. The highest BCUT2D eigenvalue weighted by molar-refractivity contribution is 6.12. The summed E-state index contributed by atoms with van der Waals surface area (Å²) >= 11 is 0. The van der Waals surface area contributed by atoms with Gasteiger partial charge in [0.05, 0.1) is 34.2 Å². The quantitative estimate of drug-likeness (QED) is 0.347. The second kappa shape index (κ2) is 6.52. The van der Waals surface area contributed by atoms with Gasteiger partial charge in [0.1, 0.15) is 5.82 Å². The molecule has 5 rings (SSSR count). The standard InChI is InChI=1S/C21H19N7O/c1-22-20-14(19(29)18-9-12-5-3-4-6-15(12)25-18)11-24-28(20)13-7-8-16-17(10-13)27-21(23-2)26-16/h3-11,22,25H,1-2H3,(H2,23,26,27). The van der Waals surface area contributed by atoms with E-state index in [9.17, 15) is 4.79 Å². The molecule has 0 amide bonds. The molecule has 0 aliphatic carbocycles. The maximum Gasteiger partial charge on any atom is 0.214 e. The number of carbonyl (C=O) groups excluding carboxylic acids is 1. The van der Waals surface area contributed by atoms with Crippen molar-refractivity contribution in [1.82, 2.24) is 24.7 Å². The predicted molar refractivity (Wildman–Crippen MR) is 114 cm³/mol. The number of nitrogens with one attached hydrogen (secondary N) is 4. The van der Waals surface area contributed by atoms with Crippen LogP contribution in [-0.4, -0.2) is 44.6 Å². The number of nitrogens with zero attached hydrogens (tertiary/aromatic N) is 3. The number of para-hydroxylation sites is 1. The van der Waals surface area contributed by atoms with Crippen LogP contribution in [0.15, 0.2) is 54.7 Å². The van der Waals surface area contributed by atoms with Gasteiger partial charge in [-0.2, -0.15) is 5.10 Å². The second-order valence-corrected chi connectivity index (χ2v) is 6.70. The first-order valence-corrected chi connectivity index (χ1v) is 9.24. The van der Waals surface area contributed by atoms with Crippen LogP contribution in [0, 0.1) is 0 Å². The van der Waals surface area contributed by atoms with Gasteiger partial charge in [-0.25, -0.2) is 9.67 Å². The summed E-state index contributed by atoms with van der Waals surface area (Å²) < 4.78 is 1.72. The number of hydrogen-bond donors (Lipinski definition) is 4. The number of ketones is 1. The molecular formula is C21H19N7O. The summed E-state index contributed by atoms with van der Waals surface area (Å²) in [5.74, 6) is 1.21. The SMILES string of the molecule is CNc1nc2ccc(-n3ncc(C(=O)c4cc5ccccc5[nH]4)c3NC)cc2[nH]1. The van der Waals surface area contributed by atoms with Gasteiger partial charge in [-0.05, 0) is 30.3 Å². The molecule has 8 heteroatoms. The molecule has 0 radical (unpaired) electrons. The van der Waals surface area contributed by atoms with Crippen molar-refractivity contribution in [1.29, 1.82) is 0 Å². The third-order valence-electron chi connectivity index (χ3n) is 4.97. The molecule has 8 nitrogen and oxygen atoms in total. The number of fused-ring (bicyclic) bond motifs is 2. The Morgan fingerprint density at radius 1 is 1.00 bits per heavy atom. The van der Waals surface area contributed by atoms with Crippen LogP contribution in [0.1, 0.15) is 16.1 Å². The lowest BCUT2D eigenvalue weighted by atomic mass is 10.1. The number of benzene rings is 2. The lowest BCUT2D eigenvalue weighted by Crippen LogP contribution is -2.08. The molecule has 0 spiro atoms. The van der Waals surface area contributed by atoms with Crippen molar-refractivity contribution in [3.05, 3.63) is 66.0 Å². The minimum atomic E-state index is -0.114. The number of rotatable bonds is 5. The molecule has 0 bridgehead atoms. The fraction of sp³-hybridized carbons (Fsp3) is 0.0952. The van der Waals surface area contributed by atoms with E-state index >= 15 is 0 Å². The molecule has 3 heterocycles. The number of aromatic amines is 2. The topological polar surface area (TPSA) is 103 Å². The van der Waals surface area contributed by atoms with Gasteiger partial charge in [0.2, 0.25) is 11.7 Å². The average molecular weight is 385 g/mol. The van der Waals surface area contributed by atoms with E-state index in [4.69, 9.17) is 0 Å². The van der Waals surface area contributed by atoms with E-state index in [1.165, 1.54) is 0 Å². The lowest BCUT2D eigenvalue weighted by Gasteiger charge is -2.08. The maximum absolute atomic E-state index is 13.1. The van der Waals surface area contributed by atoms with Crippen molar-refractivity contribution in [2.24, 2.45) is 0 Å². The van der Waals surface area contributed by atoms with E-state index in [0.717, 1.165) is 27.6 Å². The Hall–Kier alpha value is -4.07. The third kappa shape index (κ3) is 2.73. The largest absolute Gasteiger partial charge is 0.372 e. The van der Waals surface area contributed by atoms with E-state index in [0.29, 0.717) is 23.0 Å². The van der Waals surface area contributed by atoms with E-state index in [1.807, 2.05) is 55.6 Å². The van der Waals surface area contributed by atoms with Gasteiger partial charge in [0, 0.05) is 25.0 Å². The van der Waals surface area contributed by atoms with E-state index in [-0.39, 0.29) is 5.78 Å². The molecule has 0 fully saturated rings. The van der Waals surface area contributed by atoms with E-state index in [2.05, 4.69) is 30.7 Å². The normalized spacial score (nSPS) is 11.2. The molecule has 4 N–H and O–H groups in total. The second-order valence-electron chi connectivity index (χ2n) is 6.70. The third-order valence-corrected chi connectivity index (χ3v) is 4.97. The highest BCUT2D eigenvalue weighted by atomic mass is 16.1. The first-order chi connectivity index (χ1) is 14.2. The Bertz CT molecular complexity index is 1330. The molecule has 0 aliphatic heterocycles. The Morgan fingerprint density at radius 2 is 1.86 bits per heavy atom. The van der Waals surface area contributed by atoms with Gasteiger partial charge in [-0.3, -0.25) is 4.79 Å². The van der Waals surface area contributed by atoms with Crippen LogP contribution in [0.4, 0.5) is 11.8 Å². The summed E-state index contributed by atoms with van der Waals surface area (Å²) in [5.41, 5.74) is 4.52. The Kier molecular flexibility index (Phi) is 3.83. The summed E-state index contributed by atoms with van der Waals surface area (Å²) in [6.45, 7) is 0. The molecule has 0 saturated carbocycles. The van der Waals surface area contributed by atoms with Crippen LogP contribution in [0.25, 0.3) is 27.6 Å². The molecule has 29 heavy (non-hydrogen) atoms. The molecule has 0 aliphatic rings. The van der Waals surface area contributed by atoms with Gasteiger partial charge in [-0.15, -0.1) is 0 Å². The number of aromatic nitrogens is 5. The molecule has 0 atom stereocenters. The van der Waals surface area contributed by atoms with Crippen LogP contribution >= 0.6 is 0 Å². The van der Waals surface area contributed by atoms with Crippen LogP contribution in [-0.2, 0) is 0 Å². The molecule has 0 unspecified atom stereocenters. The van der Waals surface area contributed by atoms with Crippen molar-refractivity contribution < 1.29 is 4.79 Å². The lowest BCUT2D eigenvalue weighted by molar-refractivity contribution is 0.103. The van der Waals surface area contributed by atoms with Crippen molar-refractivity contribution in [2.75, 3.05) is 24.7 Å². The fourth-order valence-corrected chi connectivity index (χ4v) is 3.54. The first kappa shape index (κ1) is 17.1. The predicted octanol–water partition coefficient (Wildman–Crippen LogP) is 3.54. The average Bonchev–Trinajstić information content (AvgIpc) is 3.47. The molecule has 2 aromatic carbocycles. The van der Waals surface area contributed by atoms with Crippen molar-refractivity contribution in [3.8, 4) is 5.69 Å². The maximum atomic E-state index is 13.1. The number of imidazole rings is 1. The minimum Gasteiger partial charge on any atom is -0.372 e. The first-order valence-electron chi connectivity index (χ1n) is 9.24. The van der Waals surface area contributed by atoms with Gasteiger partial charge in [0.25, 0.3) is 0 Å². The molecule has 3 aromatic heterocycles. The Labute approximate surface area is 166 Å². The van der Waals surface area contributed by atoms with Gasteiger partial charge in [-0.1, -0.05) is 18.2 Å². The molecular weight excluding hydrogens is 366 g/mol. The van der Waals surface area contributed by atoms with Crippen molar-refractivity contribution in [3.63, 3.8) is 0 Å². The summed E-state index contributed by atoms with van der Waals surface area (Å²) in [4.78, 5) is 24.0. The zero-order chi connectivity index (χ0) is 20.0. The van der Waals surface area contributed by atoms with E-state index < -0.39 is 0 Å². The highest BCUT2D eigenvalue weighted by Crippen LogP contribution is 2.26. The molecule has 0 saturated heterocycles. The van der Waals surface area contributed by atoms with Crippen molar-refractivity contribution >= 4 is 39.5 Å². The summed E-state index contributed by atoms with van der Waals surface area (Å²) in [5, 5.41) is 11.6. The van der Waals surface area contributed by atoms with Gasteiger partial charge < -0.3 is 20.6 Å². The van der Waals surface area contributed by atoms with Crippen LogP contribution in [0.2, 0.25) is 0 Å². The zero-order valence-electron chi connectivity index (χ0n) is 15.9. The van der Waals surface area contributed by atoms with Crippen LogP contribution in [0.3, 0.4) is 0 Å². The number of carbonyl (C=O) groups is 1. The molecule has 5 aromatic rings. The Morgan fingerprint density at radius 3 is 2.66 bits per heavy atom. The van der Waals surface area contributed by atoms with Crippen molar-refractivity contribution in [2.45, 2.75) is 0 Å². The van der Waals surface area contributed by atoms with Gasteiger partial charge in [0.15, 0.2) is 0 Å². The van der Waals surface area contributed by atoms with Crippen LogP contribution in [0.5, 0.6) is 0 Å². The Balaban J connectivity index is 1.57. The van der Waals surface area contributed by atoms with Gasteiger partial charge >= 0.3 is 0 Å². The van der Waals surface area contributed by atoms with E-state index in [1.54, 1.807) is 17.9 Å². The number of H-pyrrole nitrogens is 2. The fourth-order valence-electron chi connectivity index (χ4n) is 3.54. The summed E-state index contributed by atoms with van der Waals surface area (Å²) in [7, 11) is 3.59. The number of hydrogen-bond acceptors (Lipinski definition) is 5. The highest BCUT2D eigenvalue weighted by Gasteiger charge is 2.21. The van der Waals surface area contributed by atoms with Crippen LogP contribution < -0.4 is 10.6 Å².